The average Bonchev–Trinajstić information content (AvgIpc) is 3.20. The normalized spacial score (nSPS) is 12.0. The molecule has 0 aliphatic carbocycles. The molecular weight excluding hydrogens is 421 g/mol. The first-order chi connectivity index (χ1) is 14.1. The molecule has 1 aromatic heterocycles. The Bertz CT molecular complexity index is 1160. The van der Waals surface area contributed by atoms with E-state index in [1.807, 2.05) is 0 Å². The molecule has 0 atom stereocenters. The highest BCUT2D eigenvalue weighted by Crippen LogP contribution is 2.30. The number of amides is 1. The summed E-state index contributed by atoms with van der Waals surface area (Å²) in [5.74, 6) is -0.317. The Balaban J connectivity index is 1.82. The fraction of sp³-hybridized carbons (Fsp3) is 0.150. The fourth-order valence-electron chi connectivity index (χ4n) is 2.65. The van der Waals surface area contributed by atoms with Crippen molar-refractivity contribution in [2.24, 2.45) is 0 Å². The number of furan rings is 1. The van der Waals surface area contributed by atoms with Crippen molar-refractivity contribution in [1.29, 1.82) is 0 Å². The van der Waals surface area contributed by atoms with Gasteiger partial charge in [0.25, 0.3) is 5.91 Å². The molecule has 30 heavy (non-hydrogen) atoms. The van der Waals surface area contributed by atoms with Gasteiger partial charge in [-0.05, 0) is 55.0 Å². The van der Waals surface area contributed by atoms with Gasteiger partial charge in [-0.15, -0.1) is 0 Å². The molecule has 0 spiro atoms. The lowest BCUT2D eigenvalue weighted by Crippen LogP contribution is -2.24. The van der Waals surface area contributed by atoms with Crippen LogP contribution in [0.3, 0.4) is 0 Å². The van der Waals surface area contributed by atoms with Crippen LogP contribution in [0.1, 0.15) is 27.2 Å². The Hall–Kier alpha value is -3.11. The number of rotatable bonds is 6. The zero-order valence-corrected chi connectivity index (χ0v) is 16.5. The molecular formula is C20H17F3N2O4S. The lowest BCUT2D eigenvalue weighted by Gasteiger charge is -2.12. The topological polar surface area (TPSA) is 88.4 Å². The molecule has 0 aliphatic heterocycles. The van der Waals surface area contributed by atoms with E-state index in [0.29, 0.717) is 11.3 Å². The number of hydrogen-bond acceptors (Lipinski definition) is 4. The monoisotopic (exact) mass is 438 g/mol. The molecule has 6 nitrogen and oxygen atoms in total. The van der Waals surface area contributed by atoms with Gasteiger partial charge < -0.3 is 9.73 Å². The molecule has 3 aromatic rings. The SMILES string of the molecule is Cc1ccc(S(=O)(=O)NCc2ccco2)cc1C(=O)Nc1cccc(C(F)(F)F)c1. The maximum Gasteiger partial charge on any atom is 0.416 e. The van der Waals surface area contributed by atoms with Crippen LogP contribution < -0.4 is 10.0 Å². The summed E-state index contributed by atoms with van der Waals surface area (Å²) >= 11 is 0. The van der Waals surface area contributed by atoms with Crippen LogP contribution in [0, 0.1) is 6.92 Å². The van der Waals surface area contributed by atoms with E-state index in [1.165, 1.54) is 36.6 Å². The van der Waals surface area contributed by atoms with E-state index in [-0.39, 0.29) is 22.7 Å². The minimum atomic E-state index is -4.55. The van der Waals surface area contributed by atoms with E-state index in [0.717, 1.165) is 12.1 Å². The first-order valence-electron chi connectivity index (χ1n) is 8.67. The van der Waals surface area contributed by atoms with E-state index in [2.05, 4.69) is 10.0 Å². The molecule has 2 N–H and O–H groups in total. The summed E-state index contributed by atoms with van der Waals surface area (Å²) in [4.78, 5) is 12.4. The second-order valence-electron chi connectivity index (χ2n) is 6.41. The Morgan fingerprint density at radius 1 is 1.07 bits per heavy atom. The molecule has 1 heterocycles. The number of nitrogens with one attached hydrogen (secondary N) is 2. The Kier molecular flexibility index (Phi) is 5.99. The Morgan fingerprint density at radius 3 is 2.50 bits per heavy atom. The Labute approximate surface area is 170 Å². The van der Waals surface area contributed by atoms with Crippen molar-refractivity contribution in [3.05, 3.63) is 83.3 Å². The third-order valence-electron chi connectivity index (χ3n) is 4.23. The third kappa shape index (κ3) is 5.08. The van der Waals surface area contributed by atoms with Crippen LogP contribution in [0.2, 0.25) is 0 Å². The van der Waals surface area contributed by atoms with Crippen LogP contribution >= 0.6 is 0 Å². The second kappa shape index (κ2) is 8.33. The summed E-state index contributed by atoms with van der Waals surface area (Å²) < 4.78 is 71.0. The summed E-state index contributed by atoms with van der Waals surface area (Å²) in [6.07, 6.45) is -3.14. The molecule has 0 unspecified atom stereocenters. The van der Waals surface area contributed by atoms with Crippen LogP contribution in [-0.2, 0) is 22.7 Å². The van der Waals surface area contributed by atoms with Crippen molar-refractivity contribution in [3.63, 3.8) is 0 Å². The zero-order chi connectivity index (χ0) is 21.9. The minimum Gasteiger partial charge on any atom is -0.468 e. The van der Waals surface area contributed by atoms with Crippen LogP contribution in [-0.4, -0.2) is 14.3 Å². The van der Waals surface area contributed by atoms with Gasteiger partial charge in [-0.25, -0.2) is 13.1 Å². The predicted octanol–water partition coefficient (Wildman–Crippen LogP) is 4.34. The van der Waals surface area contributed by atoms with Gasteiger partial charge in [-0.2, -0.15) is 13.2 Å². The highest BCUT2D eigenvalue weighted by molar-refractivity contribution is 7.89. The van der Waals surface area contributed by atoms with Crippen LogP contribution in [0.4, 0.5) is 18.9 Å². The fourth-order valence-corrected chi connectivity index (χ4v) is 3.67. The number of sulfonamides is 1. The summed E-state index contributed by atoms with van der Waals surface area (Å²) in [6, 6.07) is 11.3. The quantitative estimate of drug-likeness (QED) is 0.599. The molecule has 0 radical (unpaired) electrons. The van der Waals surface area contributed by atoms with Gasteiger partial charge >= 0.3 is 6.18 Å². The maximum absolute atomic E-state index is 12.9. The van der Waals surface area contributed by atoms with Crippen molar-refractivity contribution < 1.29 is 30.8 Å². The van der Waals surface area contributed by atoms with Crippen LogP contribution in [0.25, 0.3) is 0 Å². The van der Waals surface area contributed by atoms with Crippen molar-refractivity contribution in [2.75, 3.05) is 5.32 Å². The summed E-state index contributed by atoms with van der Waals surface area (Å²) in [7, 11) is -3.95. The molecule has 0 saturated carbocycles. The van der Waals surface area contributed by atoms with E-state index < -0.39 is 27.7 Å². The van der Waals surface area contributed by atoms with Gasteiger partial charge in [-0.1, -0.05) is 12.1 Å². The third-order valence-corrected chi connectivity index (χ3v) is 5.63. The standard InChI is InChI=1S/C20H17F3N2O4S/c1-13-7-8-17(30(27,28)24-12-16-6-3-9-29-16)11-18(13)19(26)25-15-5-2-4-14(10-15)20(21,22)23/h2-11,24H,12H2,1H3,(H,25,26). The number of halogens is 3. The lowest BCUT2D eigenvalue weighted by molar-refractivity contribution is -0.137. The molecule has 1 amide bonds. The molecule has 10 heteroatoms. The Morgan fingerprint density at radius 2 is 1.83 bits per heavy atom. The number of alkyl halides is 3. The minimum absolute atomic E-state index is 0.0216. The first kappa shape index (κ1) is 21.6. The number of aryl methyl sites for hydroxylation is 1. The van der Waals surface area contributed by atoms with Crippen molar-refractivity contribution >= 4 is 21.6 Å². The first-order valence-corrected chi connectivity index (χ1v) is 10.2. The number of benzene rings is 2. The van der Waals surface area contributed by atoms with Crippen molar-refractivity contribution in [2.45, 2.75) is 24.5 Å². The van der Waals surface area contributed by atoms with Gasteiger partial charge in [-0.3, -0.25) is 4.79 Å². The highest BCUT2D eigenvalue weighted by Gasteiger charge is 2.30. The molecule has 0 saturated heterocycles. The second-order valence-corrected chi connectivity index (χ2v) is 8.18. The van der Waals surface area contributed by atoms with Crippen molar-refractivity contribution in [1.82, 2.24) is 4.72 Å². The molecule has 158 valence electrons. The molecule has 3 rings (SSSR count). The zero-order valence-electron chi connectivity index (χ0n) is 15.7. The van der Waals surface area contributed by atoms with Crippen LogP contribution in [0.5, 0.6) is 0 Å². The summed E-state index contributed by atoms with van der Waals surface area (Å²) in [5, 5.41) is 2.38. The van der Waals surface area contributed by atoms with Crippen molar-refractivity contribution in [3.8, 4) is 0 Å². The molecule has 0 bridgehead atoms. The summed E-state index contributed by atoms with van der Waals surface area (Å²) in [6.45, 7) is 1.52. The molecule has 2 aromatic carbocycles. The van der Waals surface area contributed by atoms with Gasteiger partial charge in [0.05, 0.1) is 23.3 Å². The summed E-state index contributed by atoms with van der Waals surface area (Å²) in [5.41, 5.74) is -0.480. The predicted molar refractivity (Wildman–Crippen MR) is 103 cm³/mol. The van der Waals surface area contributed by atoms with E-state index >= 15 is 0 Å². The van der Waals surface area contributed by atoms with Gasteiger partial charge in [0, 0.05) is 11.3 Å². The number of carbonyl (C=O) groups excluding carboxylic acids is 1. The van der Waals surface area contributed by atoms with Gasteiger partial charge in [0.1, 0.15) is 5.76 Å². The van der Waals surface area contributed by atoms with E-state index in [9.17, 15) is 26.4 Å². The average molecular weight is 438 g/mol. The van der Waals surface area contributed by atoms with E-state index in [4.69, 9.17) is 4.42 Å². The van der Waals surface area contributed by atoms with E-state index in [1.54, 1.807) is 19.1 Å². The number of anilines is 1. The molecule has 0 fully saturated rings. The van der Waals surface area contributed by atoms with Crippen LogP contribution in [0.15, 0.2) is 70.2 Å². The number of hydrogen-bond donors (Lipinski definition) is 2. The van der Waals surface area contributed by atoms with Gasteiger partial charge in [0.15, 0.2) is 0 Å². The maximum atomic E-state index is 12.9. The lowest BCUT2D eigenvalue weighted by atomic mass is 10.1. The number of carbonyl (C=O) groups is 1. The van der Waals surface area contributed by atoms with Gasteiger partial charge in [0.2, 0.25) is 10.0 Å². The largest absolute Gasteiger partial charge is 0.468 e. The molecule has 0 aliphatic rings. The highest BCUT2D eigenvalue weighted by atomic mass is 32.2. The smallest absolute Gasteiger partial charge is 0.416 e.